The van der Waals surface area contributed by atoms with Gasteiger partial charge in [-0.05, 0) is 31.5 Å². The van der Waals surface area contributed by atoms with Gasteiger partial charge < -0.3 is 5.32 Å². The average molecular weight is 275 g/mol. The molecule has 1 heterocycles. The normalized spacial score (nSPS) is 10.8. The minimum Gasteiger partial charge on any atom is -0.317 e. The van der Waals surface area contributed by atoms with Crippen molar-refractivity contribution >= 4 is 11.3 Å². The van der Waals surface area contributed by atoms with Crippen LogP contribution in [0.5, 0.6) is 0 Å². The van der Waals surface area contributed by atoms with Gasteiger partial charge in [-0.1, -0.05) is 37.3 Å². The van der Waals surface area contributed by atoms with Crippen molar-refractivity contribution in [1.82, 2.24) is 15.5 Å². The lowest BCUT2D eigenvalue weighted by molar-refractivity contribution is 0.668. The monoisotopic (exact) mass is 275 g/mol. The third kappa shape index (κ3) is 5.09. The zero-order chi connectivity index (χ0) is 13.3. The molecule has 4 heteroatoms. The molecule has 0 aliphatic heterocycles. The van der Waals surface area contributed by atoms with Crippen LogP contribution in [-0.2, 0) is 19.3 Å². The maximum absolute atomic E-state index is 4.28. The van der Waals surface area contributed by atoms with Gasteiger partial charge in [-0.25, -0.2) is 0 Å². The van der Waals surface area contributed by atoms with E-state index < -0.39 is 0 Å². The van der Waals surface area contributed by atoms with Gasteiger partial charge >= 0.3 is 0 Å². The second kappa shape index (κ2) is 8.02. The lowest BCUT2D eigenvalue weighted by atomic mass is 10.1. The first-order valence-corrected chi connectivity index (χ1v) is 7.76. The van der Waals surface area contributed by atoms with Crippen LogP contribution in [0.15, 0.2) is 30.3 Å². The molecule has 1 N–H and O–H groups in total. The molecule has 2 aromatic rings. The topological polar surface area (TPSA) is 37.8 Å². The van der Waals surface area contributed by atoms with Crippen LogP contribution in [0.1, 0.15) is 28.9 Å². The van der Waals surface area contributed by atoms with Gasteiger partial charge in [0.25, 0.3) is 0 Å². The fraction of sp³-hybridized carbons (Fsp3) is 0.467. The molecule has 0 saturated heterocycles. The van der Waals surface area contributed by atoms with Gasteiger partial charge in [0.2, 0.25) is 0 Å². The number of rotatable bonds is 8. The smallest absolute Gasteiger partial charge is 0.117 e. The quantitative estimate of drug-likeness (QED) is 0.753. The van der Waals surface area contributed by atoms with Crippen LogP contribution in [0.2, 0.25) is 0 Å². The summed E-state index contributed by atoms with van der Waals surface area (Å²) in [7, 11) is 0. The van der Waals surface area contributed by atoms with E-state index in [-0.39, 0.29) is 0 Å². The number of benzene rings is 1. The Bertz CT molecular complexity index is 467. The summed E-state index contributed by atoms with van der Waals surface area (Å²) < 4.78 is 0. The van der Waals surface area contributed by atoms with Crippen molar-refractivity contribution in [2.45, 2.75) is 32.6 Å². The molecule has 1 aromatic carbocycles. The summed E-state index contributed by atoms with van der Waals surface area (Å²) in [5, 5.41) is 14.2. The van der Waals surface area contributed by atoms with E-state index >= 15 is 0 Å². The lowest BCUT2D eigenvalue weighted by Gasteiger charge is -1.98. The van der Waals surface area contributed by atoms with Gasteiger partial charge in [0, 0.05) is 12.8 Å². The molecule has 0 aliphatic carbocycles. The summed E-state index contributed by atoms with van der Waals surface area (Å²) in [6, 6.07) is 10.6. The van der Waals surface area contributed by atoms with E-state index in [4.69, 9.17) is 0 Å². The van der Waals surface area contributed by atoms with Crippen LogP contribution in [0, 0.1) is 0 Å². The van der Waals surface area contributed by atoms with Crippen molar-refractivity contribution in [2.24, 2.45) is 0 Å². The number of hydrogen-bond acceptors (Lipinski definition) is 4. The average Bonchev–Trinajstić information content (AvgIpc) is 2.91. The van der Waals surface area contributed by atoms with Gasteiger partial charge in [0.15, 0.2) is 0 Å². The van der Waals surface area contributed by atoms with E-state index in [1.807, 2.05) is 0 Å². The van der Waals surface area contributed by atoms with E-state index in [0.29, 0.717) is 0 Å². The van der Waals surface area contributed by atoms with Crippen molar-refractivity contribution in [2.75, 3.05) is 13.1 Å². The van der Waals surface area contributed by atoms with Gasteiger partial charge in [-0.3, -0.25) is 0 Å². The van der Waals surface area contributed by atoms with Crippen molar-refractivity contribution in [1.29, 1.82) is 0 Å². The lowest BCUT2D eigenvalue weighted by Crippen LogP contribution is -2.14. The van der Waals surface area contributed by atoms with Crippen LogP contribution < -0.4 is 5.32 Å². The second-order valence-electron chi connectivity index (χ2n) is 4.53. The van der Waals surface area contributed by atoms with E-state index in [9.17, 15) is 0 Å². The first kappa shape index (κ1) is 14.2. The van der Waals surface area contributed by atoms with E-state index in [2.05, 4.69) is 52.8 Å². The molecule has 1 aromatic heterocycles. The molecule has 102 valence electrons. The number of aromatic nitrogens is 2. The van der Waals surface area contributed by atoms with Crippen LogP contribution in [-0.4, -0.2) is 23.3 Å². The molecule has 0 atom stereocenters. The van der Waals surface area contributed by atoms with Crippen molar-refractivity contribution < 1.29 is 0 Å². The first-order valence-electron chi connectivity index (χ1n) is 6.94. The molecule has 0 radical (unpaired) electrons. The highest BCUT2D eigenvalue weighted by atomic mass is 32.1. The molecule has 0 amide bonds. The maximum atomic E-state index is 4.28. The number of aryl methyl sites for hydroxylation is 3. The van der Waals surface area contributed by atoms with Crippen LogP contribution in [0.4, 0.5) is 0 Å². The van der Waals surface area contributed by atoms with Gasteiger partial charge in [0.1, 0.15) is 10.0 Å². The number of nitrogens with zero attached hydrogens (tertiary/aromatic N) is 2. The number of hydrogen-bond donors (Lipinski definition) is 1. The van der Waals surface area contributed by atoms with Crippen LogP contribution >= 0.6 is 11.3 Å². The summed E-state index contributed by atoms with van der Waals surface area (Å²) in [4.78, 5) is 0. The predicted octanol–water partition coefficient (Wildman–Crippen LogP) is 2.87. The van der Waals surface area contributed by atoms with Crippen molar-refractivity contribution in [3.05, 3.63) is 45.9 Å². The molecule has 0 saturated carbocycles. The zero-order valence-corrected chi connectivity index (χ0v) is 12.2. The summed E-state index contributed by atoms with van der Waals surface area (Å²) >= 11 is 1.76. The van der Waals surface area contributed by atoms with E-state index in [0.717, 1.165) is 43.8 Å². The Hall–Kier alpha value is -1.26. The first-order chi connectivity index (χ1) is 9.38. The summed E-state index contributed by atoms with van der Waals surface area (Å²) in [6.07, 6.45) is 4.22. The van der Waals surface area contributed by atoms with Gasteiger partial charge in [-0.15, -0.1) is 21.5 Å². The predicted molar refractivity (Wildman–Crippen MR) is 80.6 cm³/mol. The van der Waals surface area contributed by atoms with Crippen molar-refractivity contribution in [3.63, 3.8) is 0 Å². The molecule has 0 aliphatic rings. The number of nitrogens with one attached hydrogen (secondary N) is 1. The highest BCUT2D eigenvalue weighted by Crippen LogP contribution is 2.14. The molecule has 0 fully saturated rings. The van der Waals surface area contributed by atoms with Gasteiger partial charge in [-0.2, -0.15) is 0 Å². The third-order valence-electron chi connectivity index (χ3n) is 2.97. The zero-order valence-electron chi connectivity index (χ0n) is 11.4. The third-order valence-corrected chi connectivity index (χ3v) is 4.02. The highest BCUT2D eigenvalue weighted by molar-refractivity contribution is 7.11. The summed E-state index contributed by atoms with van der Waals surface area (Å²) in [6.45, 7) is 4.24. The molecule has 3 nitrogen and oxygen atoms in total. The summed E-state index contributed by atoms with van der Waals surface area (Å²) in [5.74, 6) is 0. The molecule has 0 unspecified atom stereocenters. The van der Waals surface area contributed by atoms with E-state index in [1.165, 1.54) is 10.6 Å². The Kier molecular flexibility index (Phi) is 5.98. The Morgan fingerprint density at radius 3 is 2.47 bits per heavy atom. The minimum atomic E-state index is 0.995. The molecular weight excluding hydrogens is 254 g/mol. The van der Waals surface area contributed by atoms with Crippen molar-refractivity contribution in [3.8, 4) is 0 Å². The highest BCUT2D eigenvalue weighted by Gasteiger charge is 2.04. The van der Waals surface area contributed by atoms with Gasteiger partial charge in [0.05, 0.1) is 0 Å². The SMILES string of the molecule is CCNCCCc1nnc(CCc2ccccc2)s1. The molecule has 19 heavy (non-hydrogen) atoms. The van der Waals surface area contributed by atoms with Crippen LogP contribution in [0.25, 0.3) is 0 Å². The fourth-order valence-electron chi connectivity index (χ4n) is 1.93. The Morgan fingerprint density at radius 2 is 1.74 bits per heavy atom. The standard InChI is InChI=1S/C15H21N3S/c1-2-16-12-6-9-14-17-18-15(19-14)11-10-13-7-4-3-5-8-13/h3-5,7-8,16H,2,6,9-12H2,1H3. The minimum absolute atomic E-state index is 0.995. The van der Waals surface area contributed by atoms with E-state index in [1.54, 1.807) is 11.3 Å². The Morgan fingerprint density at radius 1 is 1.00 bits per heavy atom. The maximum Gasteiger partial charge on any atom is 0.117 e. The molecular formula is C15H21N3S. The molecule has 0 bridgehead atoms. The molecule has 2 rings (SSSR count). The largest absolute Gasteiger partial charge is 0.317 e. The Labute approximate surface area is 119 Å². The second-order valence-corrected chi connectivity index (χ2v) is 5.68. The summed E-state index contributed by atoms with van der Waals surface area (Å²) in [5.41, 5.74) is 1.37. The fourth-order valence-corrected chi connectivity index (χ4v) is 2.81. The molecule has 0 spiro atoms. The van der Waals surface area contributed by atoms with Crippen LogP contribution in [0.3, 0.4) is 0 Å². The Balaban J connectivity index is 1.74.